The van der Waals surface area contributed by atoms with Crippen LogP contribution in [0.25, 0.3) is 10.2 Å². The fraction of sp³-hybridized carbons (Fsp3) is 0.143. The van der Waals surface area contributed by atoms with E-state index in [1.54, 1.807) is 11.3 Å². The molecule has 0 spiro atoms. The number of amides is 1. The van der Waals surface area contributed by atoms with Gasteiger partial charge in [-0.3, -0.25) is 4.79 Å². The maximum absolute atomic E-state index is 11.8. The van der Waals surface area contributed by atoms with Crippen LogP contribution in [-0.4, -0.2) is 21.6 Å². The van der Waals surface area contributed by atoms with Crippen LogP contribution < -0.4 is 5.32 Å². The van der Waals surface area contributed by atoms with Crippen LogP contribution in [0, 0.1) is 0 Å². The van der Waals surface area contributed by atoms with Crippen molar-refractivity contribution in [3.8, 4) is 0 Å². The molecular formula is C14H13N3OS2. The number of H-pyrrole nitrogens is 1. The highest BCUT2D eigenvalue weighted by Gasteiger charge is 2.07. The summed E-state index contributed by atoms with van der Waals surface area (Å²) >= 11 is 3.10. The minimum absolute atomic E-state index is 0.0236. The van der Waals surface area contributed by atoms with Crippen LogP contribution in [0.3, 0.4) is 0 Å². The Bertz CT molecular complexity index is 673. The summed E-state index contributed by atoms with van der Waals surface area (Å²) in [4.78, 5) is 19.2. The molecule has 0 aliphatic heterocycles. The summed E-state index contributed by atoms with van der Waals surface area (Å²) in [5, 5.41) is 2.89. The topological polar surface area (TPSA) is 57.8 Å². The quantitative estimate of drug-likeness (QED) is 0.712. The first-order chi connectivity index (χ1) is 9.81. The maximum atomic E-state index is 11.8. The average Bonchev–Trinajstić information content (AvgIpc) is 3.11. The highest BCUT2D eigenvalue weighted by Crippen LogP contribution is 2.28. The van der Waals surface area contributed by atoms with E-state index in [-0.39, 0.29) is 5.91 Å². The van der Waals surface area contributed by atoms with Gasteiger partial charge >= 0.3 is 0 Å². The standard InChI is InChI=1S/C14H13N3OS2/c18-13(16-8-10-5-6-15-7-10)9-19-14-17-11-3-1-2-4-12(11)20-14/h1-7,15H,8-9H2,(H,16,18). The van der Waals surface area contributed by atoms with Crippen molar-refractivity contribution in [3.63, 3.8) is 0 Å². The maximum Gasteiger partial charge on any atom is 0.230 e. The Morgan fingerprint density at radius 2 is 2.25 bits per heavy atom. The summed E-state index contributed by atoms with van der Waals surface area (Å²) in [6.45, 7) is 0.558. The van der Waals surface area contributed by atoms with Crippen LogP contribution in [-0.2, 0) is 11.3 Å². The molecule has 0 radical (unpaired) electrons. The molecule has 1 amide bonds. The number of aromatic nitrogens is 2. The van der Waals surface area contributed by atoms with Crippen molar-refractivity contribution in [2.75, 3.05) is 5.75 Å². The second kappa shape index (κ2) is 6.11. The smallest absolute Gasteiger partial charge is 0.230 e. The van der Waals surface area contributed by atoms with Gasteiger partial charge in [0.05, 0.1) is 16.0 Å². The molecule has 2 aromatic heterocycles. The number of para-hydroxylation sites is 1. The van der Waals surface area contributed by atoms with Crippen LogP contribution in [0.15, 0.2) is 47.1 Å². The minimum Gasteiger partial charge on any atom is -0.367 e. The van der Waals surface area contributed by atoms with Crippen LogP contribution in [0.4, 0.5) is 0 Å². The number of thioether (sulfide) groups is 1. The third-order valence-electron chi connectivity index (χ3n) is 2.75. The highest BCUT2D eigenvalue weighted by molar-refractivity contribution is 8.01. The molecule has 4 nitrogen and oxygen atoms in total. The van der Waals surface area contributed by atoms with Gasteiger partial charge in [-0.05, 0) is 23.8 Å². The third-order valence-corrected chi connectivity index (χ3v) is 4.93. The summed E-state index contributed by atoms with van der Waals surface area (Å²) in [6.07, 6.45) is 3.72. The van der Waals surface area contributed by atoms with Crippen LogP contribution in [0.2, 0.25) is 0 Å². The largest absolute Gasteiger partial charge is 0.367 e. The van der Waals surface area contributed by atoms with E-state index in [1.165, 1.54) is 11.8 Å². The Labute approximate surface area is 124 Å². The number of benzene rings is 1. The fourth-order valence-corrected chi connectivity index (χ4v) is 3.66. The molecule has 3 aromatic rings. The van der Waals surface area contributed by atoms with Crippen LogP contribution in [0.1, 0.15) is 5.56 Å². The lowest BCUT2D eigenvalue weighted by atomic mass is 10.3. The molecule has 0 bridgehead atoms. The molecule has 0 saturated carbocycles. The van der Waals surface area contributed by atoms with Crippen LogP contribution >= 0.6 is 23.1 Å². The third kappa shape index (κ3) is 3.20. The molecule has 0 aliphatic rings. The summed E-state index contributed by atoms with van der Waals surface area (Å²) in [5.74, 6) is 0.417. The zero-order valence-electron chi connectivity index (χ0n) is 10.6. The number of nitrogens with zero attached hydrogens (tertiary/aromatic N) is 1. The van der Waals surface area contributed by atoms with Crippen LogP contribution in [0.5, 0.6) is 0 Å². The zero-order valence-corrected chi connectivity index (χ0v) is 12.3. The summed E-state index contributed by atoms with van der Waals surface area (Å²) < 4.78 is 2.09. The van der Waals surface area contributed by atoms with Gasteiger partial charge in [-0.1, -0.05) is 23.9 Å². The van der Waals surface area contributed by atoms with Crippen molar-refractivity contribution < 1.29 is 4.79 Å². The number of carbonyl (C=O) groups excluding carboxylic acids is 1. The summed E-state index contributed by atoms with van der Waals surface area (Å²) in [7, 11) is 0. The van der Waals surface area contributed by atoms with Crippen molar-refractivity contribution >= 4 is 39.2 Å². The van der Waals surface area contributed by atoms with E-state index in [0.717, 1.165) is 20.1 Å². The van der Waals surface area contributed by atoms with E-state index in [4.69, 9.17) is 0 Å². The zero-order chi connectivity index (χ0) is 13.8. The lowest BCUT2D eigenvalue weighted by Gasteiger charge is -2.01. The number of hydrogen-bond donors (Lipinski definition) is 2. The Morgan fingerprint density at radius 3 is 3.05 bits per heavy atom. The van der Waals surface area contributed by atoms with E-state index >= 15 is 0 Å². The van der Waals surface area contributed by atoms with E-state index in [0.29, 0.717) is 12.3 Å². The van der Waals surface area contributed by atoms with Crippen molar-refractivity contribution in [1.29, 1.82) is 0 Å². The Morgan fingerprint density at radius 1 is 1.35 bits per heavy atom. The van der Waals surface area contributed by atoms with Crippen molar-refractivity contribution in [1.82, 2.24) is 15.3 Å². The summed E-state index contributed by atoms with van der Waals surface area (Å²) in [6, 6.07) is 9.95. The average molecular weight is 303 g/mol. The summed E-state index contributed by atoms with van der Waals surface area (Å²) in [5.41, 5.74) is 2.07. The van der Waals surface area contributed by atoms with Gasteiger partial charge in [0, 0.05) is 18.9 Å². The minimum atomic E-state index is 0.0236. The Kier molecular flexibility index (Phi) is 4.03. The van der Waals surface area contributed by atoms with Gasteiger partial charge in [0.1, 0.15) is 0 Å². The number of thiazole rings is 1. The molecule has 0 saturated heterocycles. The predicted molar refractivity (Wildman–Crippen MR) is 83.0 cm³/mol. The number of fused-ring (bicyclic) bond motifs is 1. The normalized spacial score (nSPS) is 10.8. The number of aromatic amines is 1. The molecule has 0 aliphatic carbocycles. The molecular weight excluding hydrogens is 290 g/mol. The second-order valence-corrected chi connectivity index (χ2v) is 6.49. The number of carbonyl (C=O) groups is 1. The van der Waals surface area contributed by atoms with E-state index in [2.05, 4.69) is 15.3 Å². The van der Waals surface area contributed by atoms with Crippen molar-refractivity contribution in [2.45, 2.75) is 10.9 Å². The van der Waals surface area contributed by atoms with Gasteiger partial charge in [0.15, 0.2) is 4.34 Å². The molecule has 20 heavy (non-hydrogen) atoms. The van der Waals surface area contributed by atoms with E-state index < -0.39 is 0 Å². The molecule has 0 atom stereocenters. The molecule has 2 N–H and O–H groups in total. The van der Waals surface area contributed by atoms with Gasteiger partial charge in [0.25, 0.3) is 0 Å². The monoisotopic (exact) mass is 303 g/mol. The molecule has 0 fully saturated rings. The highest BCUT2D eigenvalue weighted by atomic mass is 32.2. The number of rotatable bonds is 5. The first-order valence-electron chi connectivity index (χ1n) is 6.18. The van der Waals surface area contributed by atoms with Crippen molar-refractivity contribution in [2.24, 2.45) is 0 Å². The lowest BCUT2D eigenvalue weighted by Crippen LogP contribution is -2.24. The van der Waals surface area contributed by atoms with Gasteiger partial charge < -0.3 is 10.3 Å². The fourth-order valence-electron chi connectivity index (χ4n) is 1.76. The first-order valence-corrected chi connectivity index (χ1v) is 7.98. The Hall–Kier alpha value is -1.79. The Balaban J connectivity index is 1.52. The first kappa shape index (κ1) is 13.2. The molecule has 0 unspecified atom stereocenters. The van der Waals surface area contributed by atoms with Gasteiger partial charge in [-0.2, -0.15) is 0 Å². The number of nitrogens with one attached hydrogen (secondary N) is 2. The molecule has 102 valence electrons. The molecule has 3 rings (SSSR count). The van der Waals surface area contributed by atoms with Gasteiger partial charge in [-0.25, -0.2) is 4.98 Å². The lowest BCUT2D eigenvalue weighted by molar-refractivity contribution is -0.118. The van der Waals surface area contributed by atoms with Gasteiger partial charge in [0.2, 0.25) is 5.91 Å². The molecule has 6 heteroatoms. The van der Waals surface area contributed by atoms with E-state index in [9.17, 15) is 4.79 Å². The predicted octanol–water partition coefficient (Wildman–Crippen LogP) is 3.03. The van der Waals surface area contributed by atoms with Gasteiger partial charge in [-0.15, -0.1) is 11.3 Å². The molecule has 2 heterocycles. The second-order valence-electron chi connectivity index (χ2n) is 4.23. The number of hydrogen-bond acceptors (Lipinski definition) is 4. The molecule has 1 aromatic carbocycles. The SMILES string of the molecule is O=C(CSc1nc2ccccc2s1)NCc1cc[nH]c1. The van der Waals surface area contributed by atoms with E-state index in [1.807, 2.05) is 42.7 Å². The van der Waals surface area contributed by atoms with Crippen molar-refractivity contribution in [3.05, 3.63) is 48.3 Å².